The number of nitrogens with zero attached hydrogens (tertiary/aromatic N) is 1. The topological polar surface area (TPSA) is 51.2 Å². The van der Waals surface area contributed by atoms with Crippen molar-refractivity contribution in [2.45, 2.75) is 13.3 Å². The molecule has 0 aliphatic heterocycles. The lowest BCUT2D eigenvalue weighted by Gasteiger charge is -2.06. The summed E-state index contributed by atoms with van der Waals surface area (Å²) in [4.78, 5) is 16.1. The molecule has 0 unspecified atom stereocenters. The van der Waals surface area contributed by atoms with E-state index < -0.39 is 11.7 Å². The number of nitrogens with one attached hydrogen (secondary N) is 1. The maximum absolute atomic E-state index is 13.7. The van der Waals surface area contributed by atoms with E-state index in [9.17, 15) is 9.18 Å². The molecule has 106 valence electrons. The fraction of sp³-hybridized carbons (Fsp3) is 0.286. The van der Waals surface area contributed by atoms with Gasteiger partial charge in [0.15, 0.2) is 0 Å². The van der Waals surface area contributed by atoms with Crippen LogP contribution in [0, 0.1) is 12.7 Å². The van der Waals surface area contributed by atoms with E-state index in [0.29, 0.717) is 18.7 Å². The molecule has 0 radical (unpaired) electrons. The minimum atomic E-state index is -0.591. The lowest BCUT2D eigenvalue weighted by Crippen LogP contribution is -2.26. The average molecular weight is 294 g/mol. The first-order valence-corrected chi connectivity index (χ1v) is 7.01. The maximum atomic E-state index is 13.7. The molecule has 4 nitrogen and oxygen atoms in total. The van der Waals surface area contributed by atoms with Gasteiger partial charge in [-0.2, -0.15) is 0 Å². The minimum absolute atomic E-state index is 0.0141. The number of aromatic nitrogens is 1. The Balaban J connectivity index is 1.91. The average Bonchev–Trinajstić information content (AvgIpc) is 2.84. The quantitative estimate of drug-likeness (QED) is 0.922. The van der Waals surface area contributed by atoms with E-state index >= 15 is 0 Å². The van der Waals surface area contributed by atoms with Gasteiger partial charge in [-0.3, -0.25) is 4.79 Å². The van der Waals surface area contributed by atoms with E-state index in [1.165, 1.54) is 19.2 Å². The number of ether oxygens (including phenoxy) is 1. The van der Waals surface area contributed by atoms with Gasteiger partial charge in [0.25, 0.3) is 5.91 Å². The van der Waals surface area contributed by atoms with Crippen LogP contribution in [-0.4, -0.2) is 24.5 Å². The predicted molar refractivity (Wildman–Crippen MR) is 75.8 cm³/mol. The molecule has 1 heterocycles. The van der Waals surface area contributed by atoms with Gasteiger partial charge in [0.2, 0.25) is 0 Å². The van der Waals surface area contributed by atoms with Gasteiger partial charge in [0, 0.05) is 24.4 Å². The fourth-order valence-corrected chi connectivity index (χ4v) is 2.38. The lowest BCUT2D eigenvalue weighted by molar-refractivity contribution is 0.0950. The van der Waals surface area contributed by atoms with Crippen molar-refractivity contribution in [3.05, 3.63) is 45.7 Å². The number of amides is 1. The number of halogens is 1. The molecule has 1 aromatic carbocycles. The molecule has 1 amide bonds. The molecule has 0 fully saturated rings. The summed E-state index contributed by atoms with van der Waals surface area (Å²) >= 11 is 1.57. The highest BCUT2D eigenvalue weighted by atomic mass is 32.1. The third kappa shape index (κ3) is 3.54. The number of hydrogen-bond acceptors (Lipinski definition) is 4. The third-order valence-corrected chi connectivity index (χ3v) is 3.58. The molecule has 0 bridgehead atoms. The lowest BCUT2D eigenvalue weighted by atomic mass is 10.2. The van der Waals surface area contributed by atoms with Crippen molar-refractivity contribution in [1.82, 2.24) is 10.3 Å². The zero-order chi connectivity index (χ0) is 14.5. The number of hydrogen-bond donors (Lipinski definition) is 1. The normalized spacial score (nSPS) is 10.3. The van der Waals surface area contributed by atoms with Crippen LogP contribution in [0.2, 0.25) is 0 Å². The molecule has 0 atom stereocenters. The molecule has 0 aliphatic rings. The van der Waals surface area contributed by atoms with E-state index in [-0.39, 0.29) is 5.56 Å². The summed E-state index contributed by atoms with van der Waals surface area (Å²) in [7, 11) is 1.45. The van der Waals surface area contributed by atoms with Crippen molar-refractivity contribution in [2.75, 3.05) is 13.7 Å². The van der Waals surface area contributed by atoms with Crippen LogP contribution in [0.25, 0.3) is 0 Å². The minimum Gasteiger partial charge on any atom is -0.497 e. The zero-order valence-corrected chi connectivity index (χ0v) is 12.1. The Hall–Kier alpha value is -1.95. The van der Waals surface area contributed by atoms with Gasteiger partial charge in [0.1, 0.15) is 11.6 Å². The number of rotatable bonds is 5. The number of thiazole rings is 1. The molecule has 20 heavy (non-hydrogen) atoms. The monoisotopic (exact) mass is 294 g/mol. The Kier molecular flexibility index (Phi) is 4.68. The highest BCUT2D eigenvalue weighted by molar-refractivity contribution is 7.09. The summed E-state index contributed by atoms with van der Waals surface area (Å²) in [6, 6.07) is 4.16. The van der Waals surface area contributed by atoms with E-state index in [4.69, 9.17) is 4.74 Å². The summed E-state index contributed by atoms with van der Waals surface area (Å²) in [5.74, 6) is -0.638. The SMILES string of the molecule is COc1ccc(C(=O)NCCc2csc(C)n2)c(F)c1. The van der Waals surface area contributed by atoms with E-state index in [1.54, 1.807) is 17.4 Å². The van der Waals surface area contributed by atoms with Crippen LogP contribution in [0.15, 0.2) is 23.6 Å². The molecule has 0 spiro atoms. The van der Waals surface area contributed by atoms with Gasteiger partial charge >= 0.3 is 0 Å². The molecule has 2 aromatic rings. The molecule has 0 saturated carbocycles. The van der Waals surface area contributed by atoms with Crippen LogP contribution in [0.1, 0.15) is 21.1 Å². The van der Waals surface area contributed by atoms with Crippen molar-refractivity contribution in [1.29, 1.82) is 0 Å². The molecular weight excluding hydrogens is 279 g/mol. The summed E-state index contributed by atoms with van der Waals surface area (Å²) in [5, 5.41) is 5.63. The Labute approximate surface area is 120 Å². The third-order valence-electron chi connectivity index (χ3n) is 2.75. The summed E-state index contributed by atoms with van der Waals surface area (Å²) in [6.07, 6.45) is 0.633. The maximum Gasteiger partial charge on any atom is 0.254 e. The van der Waals surface area contributed by atoms with Crippen molar-refractivity contribution in [2.24, 2.45) is 0 Å². The van der Waals surface area contributed by atoms with Crippen LogP contribution >= 0.6 is 11.3 Å². The van der Waals surface area contributed by atoms with Crippen LogP contribution in [0.3, 0.4) is 0 Å². The highest BCUT2D eigenvalue weighted by Crippen LogP contribution is 2.16. The molecule has 0 saturated heterocycles. The van der Waals surface area contributed by atoms with Crippen molar-refractivity contribution >= 4 is 17.2 Å². The van der Waals surface area contributed by atoms with Crippen LogP contribution in [0.5, 0.6) is 5.75 Å². The smallest absolute Gasteiger partial charge is 0.254 e. The standard InChI is InChI=1S/C14H15FN2O2S/c1-9-17-10(8-20-9)5-6-16-14(18)12-4-3-11(19-2)7-13(12)15/h3-4,7-8H,5-6H2,1-2H3,(H,16,18). The number of aryl methyl sites for hydroxylation is 1. The molecule has 1 N–H and O–H groups in total. The van der Waals surface area contributed by atoms with Gasteiger partial charge in [-0.05, 0) is 19.1 Å². The second-order valence-electron chi connectivity index (χ2n) is 4.21. The Morgan fingerprint density at radius 1 is 1.50 bits per heavy atom. The first-order valence-electron chi connectivity index (χ1n) is 6.13. The number of benzene rings is 1. The van der Waals surface area contributed by atoms with Gasteiger partial charge in [0.05, 0.1) is 23.4 Å². The molecule has 2 rings (SSSR count). The molecular formula is C14H15FN2O2S. The number of carbonyl (C=O) groups excluding carboxylic acids is 1. The van der Waals surface area contributed by atoms with Crippen LogP contribution in [-0.2, 0) is 6.42 Å². The van der Waals surface area contributed by atoms with E-state index in [1.807, 2.05) is 12.3 Å². The fourth-order valence-electron chi connectivity index (χ4n) is 1.73. The van der Waals surface area contributed by atoms with Gasteiger partial charge in [-0.25, -0.2) is 9.37 Å². The first kappa shape index (κ1) is 14.5. The Morgan fingerprint density at radius 3 is 2.90 bits per heavy atom. The molecule has 6 heteroatoms. The van der Waals surface area contributed by atoms with Gasteiger partial charge < -0.3 is 10.1 Å². The molecule has 0 aliphatic carbocycles. The largest absolute Gasteiger partial charge is 0.497 e. The first-order chi connectivity index (χ1) is 9.60. The Morgan fingerprint density at radius 2 is 2.30 bits per heavy atom. The Bertz CT molecular complexity index is 613. The van der Waals surface area contributed by atoms with Crippen LogP contribution < -0.4 is 10.1 Å². The number of methoxy groups -OCH3 is 1. The van der Waals surface area contributed by atoms with E-state index in [0.717, 1.165) is 10.7 Å². The van der Waals surface area contributed by atoms with Gasteiger partial charge in [-0.15, -0.1) is 11.3 Å². The van der Waals surface area contributed by atoms with Crippen LogP contribution in [0.4, 0.5) is 4.39 Å². The van der Waals surface area contributed by atoms with Crippen molar-refractivity contribution in [3.63, 3.8) is 0 Å². The summed E-state index contributed by atoms with van der Waals surface area (Å²) in [6.45, 7) is 2.35. The number of carbonyl (C=O) groups is 1. The zero-order valence-electron chi connectivity index (χ0n) is 11.3. The van der Waals surface area contributed by atoms with Gasteiger partial charge in [-0.1, -0.05) is 0 Å². The second kappa shape index (κ2) is 6.47. The highest BCUT2D eigenvalue weighted by Gasteiger charge is 2.12. The van der Waals surface area contributed by atoms with Crippen molar-refractivity contribution in [3.8, 4) is 5.75 Å². The predicted octanol–water partition coefficient (Wildman–Crippen LogP) is 2.57. The van der Waals surface area contributed by atoms with Crippen molar-refractivity contribution < 1.29 is 13.9 Å². The molecule has 1 aromatic heterocycles. The summed E-state index contributed by atoms with van der Waals surface area (Å²) < 4.78 is 18.6. The van der Waals surface area contributed by atoms with E-state index in [2.05, 4.69) is 10.3 Å². The second-order valence-corrected chi connectivity index (χ2v) is 5.27. The summed E-state index contributed by atoms with van der Waals surface area (Å²) in [5.41, 5.74) is 0.947.